The molecule has 72 valence electrons. The molecule has 0 radical (unpaired) electrons. The number of nitrogens with zero attached hydrogens (tertiary/aromatic N) is 2. The molecule has 0 aromatic carbocycles. The summed E-state index contributed by atoms with van der Waals surface area (Å²) in [6.07, 6.45) is -2.36. The lowest BCUT2D eigenvalue weighted by Crippen LogP contribution is -2.10. The van der Waals surface area contributed by atoms with Gasteiger partial charge in [0.05, 0.1) is 10.8 Å². The van der Waals surface area contributed by atoms with Crippen LogP contribution in [0, 0.1) is 0 Å². The van der Waals surface area contributed by atoms with Gasteiger partial charge in [-0.25, -0.2) is 9.97 Å². The molecule has 7 heteroatoms. The Kier molecular flexibility index (Phi) is 2.65. The molecule has 0 spiro atoms. The van der Waals surface area contributed by atoms with Crippen molar-refractivity contribution >= 4 is 10.8 Å². The molecule has 13 heavy (non-hydrogen) atoms. The van der Waals surface area contributed by atoms with Gasteiger partial charge in [0.1, 0.15) is 5.69 Å². The highest BCUT2D eigenvalue weighted by Gasteiger charge is 2.32. The fourth-order valence-electron chi connectivity index (χ4n) is 0.637. The molecular weight excluding hydrogens is 205 g/mol. The fourth-order valence-corrected chi connectivity index (χ4v) is 1.07. The van der Waals surface area contributed by atoms with Gasteiger partial charge >= 0.3 is 6.18 Å². The SMILES string of the molecule is CS(=O)c1nccc(C(F)(F)F)n1. The van der Waals surface area contributed by atoms with Crippen LogP contribution in [0.1, 0.15) is 5.69 Å². The third-order valence-corrected chi connectivity index (χ3v) is 1.89. The van der Waals surface area contributed by atoms with Crippen LogP contribution in [0.15, 0.2) is 17.4 Å². The molecule has 1 rings (SSSR count). The molecule has 0 amide bonds. The maximum atomic E-state index is 12.0. The Labute approximate surface area is 74.5 Å². The Hall–Kier alpha value is -0.980. The van der Waals surface area contributed by atoms with Crippen molar-refractivity contribution in [3.8, 4) is 0 Å². The Morgan fingerprint density at radius 2 is 2.08 bits per heavy atom. The van der Waals surface area contributed by atoms with Crippen molar-refractivity contribution in [2.24, 2.45) is 0 Å². The monoisotopic (exact) mass is 210 g/mol. The first-order valence-corrected chi connectivity index (χ1v) is 4.71. The van der Waals surface area contributed by atoms with E-state index in [1.54, 1.807) is 0 Å². The van der Waals surface area contributed by atoms with E-state index in [1.165, 1.54) is 6.26 Å². The van der Waals surface area contributed by atoms with E-state index in [-0.39, 0.29) is 5.16 Å². The molecule has 0 aliphatic rings. The van der Waals surface area contributed by atoms with Gasteiger partial charge < -0.3 is 0 Å². The summed E-state index contributed by atoms with van der Waals surface area (Å²) < 4.78 is 46.9. The summed E-state index contributed by atoms with van der Waals surface area (Å²) in [5.41, 5.74) is -1.08. The number of halogens is 3. The van der Waals surface area contributed by atoms with Gasteiger partial charge in [-0.2, -0.15) is 13.2 Å². The highest BCUT2D eigenvalue weighted by atomic mass is 32.2. The van der Waals surface area contributed by atoms with E-state index in [1.807, 2.05) is 0 Å². The minimum atomic E-state index is -4.52. The molecule has 1 unspecified atom stereocenters. The van der Waals surface area contributed by atoms with Gasteiger partial charge in [-0.3, -0.25) is 4.21 Å². The van der Waals surface area contributed by atoms with Gasteiger partial charge in [-0.15, -0.1) is 0 Å². The van der Waals surface area contributed by atoms with E-state index in [9.17, 15) is 17.4 Å². The van der Waals surface area contributed by atoms with Crippen molar-refractivity contribution in [3.63, 3.8) is 0 Å². The summed E-state index contributed by atoms with van der Waals surface area (Å²) in [4.78, 5) is 6.55. The van der Waals surface area contributed by atoms with E-state index in [0.717, 1.165) is 12.3 Å². The molecular formula is C6H5F3N2OS. The van der Waals surface area contributed by atoms with E-state index in [2.05, 4.69) is 9.97 Å². The van der Waals surface area contributed by atoms with Crippen LogP contribution in [0.3, 0.4) is 0 Å². The van der Waals surface area contributed by atoms with E-state index >= 15 is 0 Å². The fraction of sp³-hybridized carbons (Fsp3) is 0.333. The molecule has 0 aliphatic heterocycles. The molecule has 0 N–H and O–H groups in total. The number of hydrogen-bond donors (Lipinski definition) is 0. The molecule has 1 aromatic heterocycles. The van der Waals surface area contributed by atoms with Crippen molar-refractivity contribution in [2.45, 2.75) is 11.3 Å². The first-order chi connectivity index (χ1) is 5.91. The van der Waals surface area contributed by atoms with Gasteiger partial charge in [0.25, 0.3) is 0 Å². The van der Waals surface area contributed by atoms with Gasteiger partial charge in [-0.05, 0) is 6.07 Å². The molecule has 0 fully saturated rings. The van der Waals surface area contributed by atoms with Crippen LogP contribution in [0.2, 0.25) is 0 Å². The zero-order valence-electron chi connectivity index (χ0n) is 6.50. The summed E-state index contributed by atoms with van der Waals surface area (Å²) >= 11 is 0. The zero-order valence-corrected chi connectivity index (χ0v) is 7.32. The lowest BCUT2D eigenvalue weighted by molar-refractivity contribution is -0.141. The van der Waals surface area contributed by atoms with Crippen molar-refractivity contribution in [1.82, 2.24) is 9.97 Å². The number of alkyl halides is 3. The lowest BCUT2D eigenvalue weighted by Gasteiger charge is -2.04. The molecule has 1 aromatic rings. The van der Waals surface area contributed by atoms with Crippen molar-refractivity contribution < 1.29 is 17.4 Å². The first-order valence-electron chi connectivity index (χ1n) is 3.15. The minimum Gasteiger partial charge on any atom is -0.251 e. The summed E-state index contributed by atoms with van der Waals surface area (Å²) in [5.74, 6) is 0. The minimum absolute atomic E-state index is 0.310. The van der Waals surface area contributed by atoms with Crippen LogP contribution >= 0.6 is 0 Å². The second kappa shape index (κ2) is 3.41. The first kappa shape index (κ1) is 10.1. The molecule has 0 saturated carbocycles. The molecule has 1 heterocycles. The van der Waals surface area contributed by atoms with Crippen LogP contribution in [0.25, 0.3) is 0 Å². The maximum Gasteiger partial charge on any atom is 0.433 e. The van der Waals surface area contributed by atoms with Gasteiger partial charge in [0.15, 0.2) is 0 Å². The Bertz CT molecular complexity index is 339. The van der Waals surface area contributed by atoms with E-state index in [0.29, 0.717) is 0 Å². The smallest absolute Gasteiger partial charge is 0.251 e. The normalized spacial score (nSPS) is 14.2. The van der Waals surface area contributed by atoms with Crippen LogP contribution in [0.5, 0.6) is 0 Å². The summed E-state index contributed by atoms with van der Waals surface area (Å²) in [6, 6.07) is 0.732. The largest absolute Gasteiger partial charge is 0.433 e. The summed E-state index contributed by atoms with van der Waals surface area (Å²) in [5, 5.41) is -0.310. The van der Waals surface area contributed by atoms with Gasteiger partial charge in [-0.1, -0.05) is 0 Å². The number of hydrogen-bond acceptors (Lipinski definition) is 3. The van der Waals surface area contributed by atoms with Crippen molar-refractivity contribution in [2.75, 3.05) is 6.26 Å². The Balaban J connectivity index is 3.13. The lowest BCUT2D eigenvalue weighted by atomic mass is 10.4. The molecule has 0 bridgehead atoms. The van der Waals surface area contributed by atoms with Crippen LogP contribution in [-0.4, -0.2) is 20.4 Å². The van der Waals surface area contributed by atoms with E-state index in [4.69, 9.17) is 0 Å². The molecule has 3 nitrogen and oxygen atoms in total. The topological polar surface area (TPSA) is 42.9 Å². The third kappa shape index (κ3) is 2.48. The highest BCUT2D eigenvalue weighted by Crippen LogP contribution is 2.27. The highest BCUT2D eigenvalue weighted by molar-refractivity contribution is 7.84. The third-order valence-electron chi connectivity index (χ3n) is 1.18. The maximum absolute atomic E-state index is 12.0. The predicted molar refractivity (Wildman–Crippen MR) is 39.4 cm³/mol. The predicted octanol–water partition coefficient (Wildman–Crippen LogP) is 1.23. The standard InChI is InChI=1S/C6H5F3N2OS/c1-13(12)5-10-3-2-4(11-5)6(7,8)9/h2-3H,1H3. The number of rotatable bonds is 1. The van der Waals surface area contributed by atoms with Crippen LogP contribution in [-0.2, 0) is 17.0 Å². The van der Waals surface area contributed by atoms with Crippen molar-refractivity contribution in [3.05, 3.63) is 18.0 Å². The zero-order chi connectivity index (χ0) is 10.1. The average molecular weight is 210 g/mol. The van der Waals surface area contributed by atoms with Gasteiger partial charge in [0.2, 0.25) is 5.16 Å². The second-order valence-corrected chi connectivity index (χ2v) is 3.45. The molecule has 0 aliphatic carbocycles. The summed E-state index contributed by atoms with van der Waals surface area (Å²) in [6.45, 7) is 0. The number of aromatic nitrogens is 2. The molecule has 1 atom stereocenters. The quantitative estimate of drug-likeness (QED) is 0.655. The van der Waals surface area contributed by atoms with Crippen molar-refractivity contribution in [1.29, 1.82) is 0 Å². The van der Waals surface area contributed by atoms with E-state index < -0.39 is 22.7 Å². The summed E-state index contributed by atoms with van der Waals surface area (Å²) in [7, 11) is -1.60. The average Bonchev–Trinajstić information content (AvgIpc) is 2.03. The van der Waals surface area contributed by atoms with Gasteiger partial charge in [0, 0.05) is 12.5 Å². The van der Waals surface area contributed by atoms with Crippen LogP contribution < -0.4 is 0 Å². The molecule has 0 saturated heterocycles. The Morgan fingerprint density at radius 3 is 2.54 bits per heavy atom. The second-order valence-electron chi connectivity index (χ2n) is 2.18. The van der Waals surface area contributed by atoms with Crippen LogP contribution in [0.4, 0.5) is 13.2 Å². The Morgan fingerprint density at radius 1 is 1.46 bits per heavy atom.